The normalized spacial score (nSPS) is 19.0. The Bertz CT molecular complexity index is 711. The standard InChI is InChI=1S/C15H19NO5S/c1-10-6-7-11(9-13(10)22(2,20)21)14(17)16-8-4-3-5-12(16)15(18)19/h6-7,9,12H,3-5,8H2,1-2H3,(H,18,19). The zero-order chi connectivity index (χ0) is 16.5. The molecule has 1 saturated heterocycles. The summed E-state index contributed by atoms with van der Waals surface area (Å²) >= 11 is 0. The molecule has 22 heavy (non-hydrogen) atoms. The minimum atomic E-state index is -3.44. The molecule has 1 atom stereocenters. The number of amides is 1. The van der Waals surface area contributed by atoms with Crippen molar-refractivity contribution in [1.29, 1.82) is 0 Å². The third kappa shape index (κ3) is 3.30. The molecule has 1 N–H and O–H groups in total. The predicted molar refractivity (Wildman–Crippen MR) is 80.6 cm³/mol. The average Bonchev–Trinajstić information content (AvgIpc) is 2.45. The molecule has 0 spiro atoms. The zero-order valence-electron chi connectivity index (χ0n) is 12.6. The van der Waals surface area contributed by atoms with Crippen LogP contribution in [0, 0.1) is 6.92 Å². The molecule has 1 heterocycles. The summed E-state index contributed by atoms with van der Waals surface area (Å²) in [5.41, 5.74) is 0.770. The van der Waals surface area contributed by atoms with Gasteiger partial charge in [-0.15, -0.1) is 0 Å². The number of carboxylic acid groups (broad SMARTS) is 1. The van der Waals surface area contributed by atoms with Gasteiger partial charge in [0.1, 0.15) is 6.04 Å². The van der Waals surface area contributed by atoms with Crippen LogP contribution in [0.15, 0.2) is 23.1 Å². The maximum atomic E-state index is 12.6. The highest BCUT2D eigenvalue weighted by molar-refractivity contribution is 7.90. The van der Waals surface area contributed by atoms with Crippen molar-refractivity contribution in [3.63, 3.8) is 0 Å². The quantitative estimate of drug-likeness (QED) is 0.909. The number of hydrogen-bond acceptors (Lipinski definition) is 4. The van der Waals surface area contributed by atoms with Gasteiger partial charge in [-0.1, -0.05) is 6.07 Å². The molecule has 1 amide bonds. The van der Waals surface area contributed by atoms with Crippen LogP contribution in [0.25, 0.3) is 0 Å². The Morgan fingerprint density at radius 1 is 1.27 bits per heavy atom. The van der Waals surface area contributed by atoms with Gasteiger partial charge in [0.05, 0.1) is 4.90 Å². The van der Waals surface area contributed by atoms with Crippen LogP contribution in [0.1, 0.15) is 35.2 Å². The summed E-state index contributed by atoms with van der Waals surface area (Å²) in [5.74, 6) is -1.46. The smallest absolute Gasteiger partial charge is 0.326 e. The minimum absolute atomic E-state index is 0.0993. The summed E-state index contributed by atoms with van der Waals surface area (Å²) in [4.78, 5) is 25.3. The van der Waals surface area contributed by atoms with Crippen molar-refractivity contribution in [2.45, 2.75) is 37.1 Å². The second-order valence-corrected chi connectivity index (χ2v) is 7.58. The van der Waals surface area contributed by atoms with Crippen LogP contribution >= 0.6 is 0 Å². The van der Waals surface area contributed by atoms with Gasteiger partial charge >= 0.3 is 5.97 Å². The monoisotopic (exact) mass is 325 g/mol. The fourth-order valence-electron chi connectivity index (χ4n) is 2.73. The number of aryl methyl sites for hydroxylation is 1. The van der Waals surface area contributed by atoms with Gasteiger partial charge in [-0.3, -0.25) is 4.79 Å². The van der Waals surface area contributed by atoms with Crippen molar-refractivity contribution < 1.29 is 23.1 Å². The van der Waals surface area contributed by atoms with Crippen LogP contribution in [0.4, 0.5) is 0 Å². The van der Waals surface area contributed by atoms with Gasteiger partial charge in [-0.05, 0) is 43.9 Å². The molecule has 0 radical (unpaired) electrons. The lowest BCUT2D eigenvalue weighted by Gasteiger charge is -2.33. The number of hydrogen-bond donors (Lipinski definition) is 1. The minimum Gasteiger partial charge on any atom is -0.480 e. The largest absolute Gasteiger partial charge is 0.480 e. The molecule has 1 aromatic rings. The molecule has 1 aromatic carbocycles. The van der Waals surface area contributed by atoms with Crippen LogP contribution in [0.3, 0.4) is 0 Å². The Hall–Kier alpha value is -1.89. The fraction of sp³-hybridized carbons (Fsp3) is 0.467. The third-order valence-corrected chi connectivity index (χ3v) is 5.12. The Balaban J connectivity index is 2.39. The highest BCUT2D eigenvalue weighted by atomic mass is 32.2. The predicted octanol–water partition coefficient (Wildman–Crippen LogP) is 1.48. The summed E-state index contributed by atoms with van der Waals surface area (Å²) < 4.78 is 23.5. The first-order chi connectivity index (χ1) is 10.2. The number of carbonyl (C=O) groups is 2. The molecular weight excluding hydrogens is 306 g/mol. The summed E-state index contributed by atoms with van der Waals surface area (Å²) in [7, 11) is -3.44. The Morgan fingerprint density at radius 2 is 1.95 bits per heavy atom. The number of rotatable bonds is 3. The Kier molecular flexibility index (Phi) is 4.55. The molecule has 1 fully saturated rings. The maximum Gasteiger partial charge on any atom is 0.326 e. The van der Waals surface area contributed by atoms with Gasteiger partial charge in [-0.2, -0.15) is 0 Å². The summed E-state index contributed by atoms with van der Waals surface area (Å²) in [5, 5.41) is 9.24. The first-order valence-electron chi connectivity index (χ1n) is 7.06. The summed E-state index contributed by atoms with van der Waals surface area (Å²) in [6, 6.07) is 3.60. The molecule has 7 heteroatoms. The van der Waals surface area contributed by atoms with Gasteiger partial charge in [0.2, 0.25) is 0 Å². The van der Waals surface area contributed by atoms with Gasteiger partial charge in [0, 0.05) is 18.4 Å². The van der Waals surface area contributed by atoms with Crippen LogP contribution in [0.5, 0.6) is 0 Å². The number of carboxylic acids is 1. The van der Waals surface area contributed by atoms with E-state index in [1.54, 1.807) is 19.1 Å². The first kappa shape index (κ1) is 16.5. The van der Waals surface area contributed by atoms with E-state index in [1.165, 1.54) is 11.0 Å². The second kappa shape index (κ2) is 6.08. The molecule has 2 rings (SSSR count). The molecular formula is C15H19NO5S. The number of likely N-dealkylation sites (tertiary alicyclic amines) is 1. The number of aliphatic carboxylic acids is 1. The maximum absolute atomic E-state index is 12.6. The van der Waals surface area contributed by atoms with E-state index >= 15 is 0 Å². The zero-order valence-corrected chi connectivity index (χ0v) is 13.4. The highest BCUT2D eigenvalue weighted by Gasteiger charge is 2.32. The van der Waals surface area contributed by atoms with Gasteiger partial charge in [0.25, 0.3) is 5.91 Å². The molecule has 1 aliphatic heterocycles. The highest BCUT2D eigenvalue weighted by Crippen LogP contribution is 2.22. The fourth-order valence-corrected chi connectivity index (χ4v) is 3.72. The average molecular weight is 325 g/mol. The van der Waals surface area contributed by atoms with Crippen molar-refractivity contribution >= 4 is 21.7 Å². The van der Waals surface area contributed by atoms with E-state index in [0.717, 1.165) is 19.1 Å². The molecule has 0 aliphatic carbocycles. The lowest BCUT2D eigenvalue weighted by molar-refractivity contribution is -0.143. The van der Waals surface area contributed by atoms with Gasteiger partial charge < -0.3 is 10.0 Å². The molecule has 0 aromatic heterocycles. The summed E-state index contributed by atoms with van der Waals surface area (Å²) in [6.45, 7) is 2.03. The number of carbonyl (C=O) groups excluding carboxylic acids is 1. The third-order valence-electron chi connectivity index (χ3n) is 3.88. The molecule has 0 bridgehead atoms. The molecule has 120 valence electrons. The van der Waals surface area contributed by atoms with E-state index in [0.29, 0.717) is 18.5 Å². The first-order valence-corrected chi connectivity index (χ1v) is 8.95. The van der Waals surface area contributed by atoms with Gasteiger partial charge in [0.15, 0.2) is 9.84 Å². The number of sulfone groups is 1. The second-order valence-electron chi connectivity index (χ2n) is 5.60. The molecule has 1 unspecified atom stereocenters. The lowest BCUT2D eigenvalue weighted by Crippen LogP contribution is -2.48. The Labute approximate surface area is 129 Å². The Morgan fingerprint density at radius 3 is 2.55 bits per heavy atom. The van der Waals surface area contributed by atoms with E-state index in [-0.39, 0.29) is 10.5 Å². The van der Waals surface area contributed by atoms with E-state index in [9.17, 15) is 23.1 Å². The van der Waals surface area contributed by atoms with Crippen LogP contribution in [0.2, 0.25) is 0 Å². The topological polar surface area (TPSA) is 91.8 Å². The number of piperidine rings is 1. The SMILES string of the molecule is Cc1ccc(C(=O)N2CCCCC2C(=O)O)cc1S(C)(=O)=O. The summed E-state index contributed by atoms with van der Waals surface area (Å²) in [6.07, 6.45) is 3.03. The van der Waals surface area contributed by atoms with E-state index in [2.05, 4.69) is 0 Å². The van der Waals surface area contributed by atoms with Crippen LogP contribution in [-0.2, 0) is 14.6 Å². The number of benzene rings is 1. The van der Waals surface area contributed by atoms with Crippen molar-refractivity contribution in [2.75, 3.05) is 12.8 Å². The van der Waals surface area contributed by atoms with E-state index < -0.39 is 27.8 Å². The van der Waals surface area contributed by atoms with E-state index in [4.69, 9.17) is 0 Å². The van der Waals surface area contributed by atoms with Crippen LogP contribution in [-0.4, -0.2) is 49.1 Å². The van der Waals surface area contributed by atoms with Gasteiger partial charge in [-0.25, -0.2) is 13.2 Å². The number of nitrogens with zero attached hydrogens (tertiary/aromatic N) is 1. The lowest BCUT2D eigenvalue weighted by atomic mass is 10.0. The molecule has 1 aliphatic rings. The van der Waals surface area contributed by atoms with Crippen molar-refractivity contribution in [3.05, 3.63) is 29.3 Å². The molecule has 0 saturated carbocycles. The van der Waals surface area contributed by atoms with Crippen molar-refractivity contribution in [2.24, 2.45) is 0 Å². The van der Waals surface area contributed by atoms with E-state index in [1.807, 2.05) is 0 Å². The molecule has 6 nitrogen and oxygen atoms in total. The van der Waals surface area contributed by atoms with Crippen LogP contribution < -0.4 is 0 Å². The van der Waals surface area contributed by atoms with Crippen molar-refractivity contribution in [1.82, 2.24) is 4.90 Å². The van der Waals surface area contributed by atoms with Crippen molar-refractivity contribution in [3.8, 4) is 0 Å².